The molecule has 0 atom stereocenters. The van der Waals surface area contributed by atoms with E-state index in [1.54, 1.807) is 23.0 Å². The van der Waals surface area contributed by atoms with Crippen LogP contribution in [0.3, 0.4) is 0 Å². The van der Waals surface area contributed by atoms with Crippen LogP contribution < -0.4 is 5.32 Å². The van der Waals surface area contributed by atoms with E-state index in [1.807, 2.05) is 25.2 Å². The number of rotatable bonds is 3. The number of anilines is 2. The molecule has 0 saturated carbocycles. The third-order valence-corrected chi connectivity index (χ3v) is 4.09. The lowest BCUT2D eigenvalue weighted by Crippen LogP contribution is -2.05. The summed E-state index contributed by atoms with van der Waals surface area (Å²) in [7, 11) is 1.83. The largest absolute Gasteiger partial charge is 0.416 e. The molecule has 2 aromatic carbocycles. The first-order valence-electron chi connectivity index (χ1n) is 7.07. The molecule has 0 fully saturated rings. The van der Waals surface area contributed by atoms with Crippen LogP contribution in [0.5, 0.6) is 0 Å². The minimum Gasteiger partial charge on any atom is -0.355 e. The van der Waals surface area contributed by atoms with Gasteiger partial charge in [0, 0.05) is 24.0 Å². The summed E-state index contributed by atoms with van der Waals surface area (Å²) in [6.07, 6.45) is -2.67. The summed E-state index contributed by atoms with van der Waals surface area (Å²) in [5, 5.41) is 7.18. The summed E-state index contributed by atoms with van der Waals surface area (Å²) in [5.74, 6) is 0. The highest BCUT2D eigenvalue weighted by Crippen LogP contribution is 2.33. The maximum atomic E-state index is 12.8. The monoisotopic (exact) mass is 395 g/mol. The first kappa shape index (κ1) is 16.6. The normalized spacial score (nSPS) is 11.5. The predicted octanol–water partition coefficient (Wildman–Crippen LogP) is 5.61. The third kappa shape index (κ3) is 3.46. The summed E-state index contributed by atoms with van der Waals surface area (Å²) >= 11 is 3.45. The Kier molecular flexibility index (Phi) is 4.36. The fourth-order valence-electron chi connectivity index (χ4n) is 2.42. The number of nitrogens with one attached hydrogen (secondary N) is 1. The van der Waals surface area contributed by atoms with E-state index in [4.69, 9.17) is 0 Å². The highest BCUT2D eigenvalue weighted by Gasteiger charge is 2.30. The van der Waals surface area contributed by atoms with E-state index in [1.165, 1.54) is 6.07 Å². The number of nitrogens with zero attached hydrogens (tertiary/aromatic N) is 2. The number of halogens is 4. The van der Waals surface area contributed by atoms with Gasteiger partial charge in [-0.25, -0.2) is 0 Å². The van der Waals surface area contributed by atoms with E-state index in [0.29, 0.717) is 11.4 Å². The zero-order chi connectivity index (χ0) is 17.3. The number of hydrogen-bond donors (Lipinski definition) is 1. The fraction of sp³-hybridized carbons (Fsp3) is 0.118. The summed E-state index contributed by atoms with van der Waals surface area (Å²) in [4.78, 5) is 0. The van der Waals surface area contributed by atoms with Crippen molar-refractivity contribution in [2.24, 2.45) is 7.05 Å². The van der Waals surface area contributed by atoms with Crippen LogP contribution >= 0.6 is 15.9 Å². The first-order valence-corrected chi connectivity index (χ1v) is 7.86. The van der Waals surface area contributed by atoms with E-state index in [-0.39, 0.29) is 0 Å². The van der Waals surface area contributed by atoms with Crippen LogP contribution in [0.1, 0.15) is 5.56 Å². The molecule has 24 heavy (non-hydrogen) atoms. The van der Waals surface area contributed by atoms with Crippen molar-refractivity contribution in [3.05, 3.63) is 64.8 Å². The number of alkyl halides is 3. The molecule has 0 bridgehead atoms. The lowest BCUT2D eigenvalue weighted by atomic mass is 10.1. The molecule has 0 aliphatic heterocycles. The lowest BCUT2D eigenvalue weighted by molar-refractivity contribution is -0.137. The first-order chi connectivity index (χ1) is 11.3. The standard InChI is InChI=1S/C17H13BrF3N3/c1-24-16(15(18)10-22-24)11-4-2-6-13(8-11)23-14-7-3-5-12(9-14)17(19,20)21/h2-10,23H,1H3. The van der Waals surface area contributed by atoms with Crippen molar-refractivity contribution in [1.82, 2.24) is 9.78 Å². The van der Waals surface area contributed by atoms with E-state index in [2.05, 4.69) is 26.3 Å². The molecule has 0 radical (unpaired) electrons. The molecule has 124 valence electrons. The van der Waals surface area contributed by atoms with Crippen LogP contribution in [0.2, 0.25) is 0 Å². The Hall–Kier alpha value is -2.28. The Bertz CT molecular complexity index is 852. The molecule has 3 aromatic rings. The van der Waals surface area contributed by atoms with Gasteiger partial charge in [-0.1, -0.05) is 18.2 Å². The number of aromatic nitrogens is 2. The van der Waals surface area contributed by atoms with Crippen molar-refractivity contribution >= 4 is 27.3 Å². The molecular formula is C17H13BrF3N3. The van der Waals surface area contributed by atoms with Crippen LogP contribution in [0.15, 0.2) is 59.2 Å². The zero-order valence-electron chi connectivity index (χ0n) is 12.6. The highest BCUT2D eigenvalue weighted by atomic mass is 79.9. The second kappa shape index (κ2) is 6.32. The van der Waals surface area contributed by atoms with Gasteiger partial charge in [-0.2, -0.15) is 18.3 Å². The van der Waals surface area contributed by atoms with Crippen molar-refractivity contribution in [3.63, 3.8) is 0 Å². The molecule has 1 aromatic heterocycles. The van der Waals surface area contributed by atoms with Gasteiger partial charge in [0.15, 0.2) is 0 Å². The molecular weight excluding hydrogens is 383 g/mol. The molecule has 1 heterocycles. The summed E-state index contributed by atoms with van der Waals surface area (Å²) in [6.45, 7) is 0. The van der Waals surface area contributed by atoms with Crippen LogP contribution in [-0.2, 0) is 13.2 Å². The van der Waals surface area contributed by atoms with Gasteiger partial charge in [0.2, 0.25) is 0 Å². The lowest BCUT2D eigenvalue weighted by Gasteiger charge is -2.12. The molecule has 0 aliphatic carbocycles. The van der Waals surface area contributed by atoms with Crippen molar-refractivity contribution in [3.8, 4) is 11.3 Å². The van der Waals surface area contributed by atoms with Gasteiger partial charge in [-0.3, -0.25) is 4.68 Å². The number of hydrogen-bond acceptors (Lipinski definition) is 2. The van der Waals surface area contributed by atoms with E-state index in [0.717, 1.165) is 27.9 Å². The van der Waals surface area contributed by atoms with Crippen LogP contribution in [0.25, 0.3) is 11.3 Å². The van der Waals surface area contributed by atoms with Crippen LogP contribution in [0.4, 0.5) is 24.5 Å². The average molecular weight is 396 g/mol. The molecule has 3 nitrogen and oxygen atoms in total. The predicted molar refractivity (Wildman–Crippen MR) is 91.1 cm³/mol. The Balaban J connectivity index is 1.91. The minimum atomic E-state index is -4.36. The molecule has 0 spiro atoms. The van der Waals surface area contributed by atoms with Crippen LogP contribution in [0, 0.1) is 0 Å². The molecule has 0 unspecified atom stereocenters. The molecule has 3 rings (SSSR count). The highest BCUT2D eigenvalue weighted by molar-refractivity contribution is 9.10. The Morgan fingerprint density at radius 2 is 1.71 bits per heavy atom. The molecule has 1 N–H and O–H groups in total. The third-order valence-electron chi connectivity index (χ3n) is 3.51. The Morgan fingerprint density at radius 1 is 1.04 bits per heavy atom. The zero-order valence-corrected chi connectivity index (χ0v) is 14.2. The van der Waals surface area contributed by atoms with Gasteiger partial charge < -0.3 is 5.32 Å². The van der Waals surface area contributed by atoms with Gasteiger partial charge in [0.05, 0.1) is 21.9 Å². The van der Waals surface area contributed by atoms with Crippen molar-refractivity contribution < 1.29 is 13.2 Å². The van der Waals surface area contributed by atoms with Crippen molar-refractivity contribution in [2.45, 2.75) is 6.18 Å². The second-order valence-corrected chi connectivity index (χ2v) is 6.10. The number of aryl methyl sites for hydroxylation is 1. The van der Waals surface area contributed by atoms with E-state index >= 15 is 0 Å². The van der Waals surface area contributed by atoms with Gasteiger partial charge in [-0.15, -0.1) is 0 Å². The second-order valence-electron chi connectivity index (χ2n) is 5.25. The minimum absolute atomic E-state index is 0.381. The smallest absolute Gasteiger partial charge is 0.355 e. The van der Waals surface area contributed by atoms with Gasteiger partial charge in [0.1, 0.15) is 0 Å². The Morgan fingerprint density at radius 3 is 2.33 bits per heavy atom. The van der Waals surface area contributed by atoms with E-state index < -0.39 is 11.7 Å². The fourth-order valence-corrected chi connectivity index (χ4v) is 3.00. The summed E-state index contributed by atoms with van der Waals surface area (Å²) < 4.78 is 41.0. The van der Waals surface area contributed by atoms with E-state index in [9.17, 15) is 13.2 Å². The molecule has 0 aliphatic rings. The van der Waals surface area contributed by atoms with Crippen LogP contribution in [-0.4, -0.2) is 9.78 Å². The van der Waals surface area contributed by atoms with Gasteiger partial charge in [0.25, 0.3) is 0 Å². The molecule has 7 heteroatoms. The quantitative estimate of drug-likeness (QED) is 0.624. The summed E-state index contributed by atoms with van der Waals surface area (Å²) in [6, 6.07) is 12.5. The van der Waals surface area contributed by atoms with Gasteiger partial charge >= 0.3 is 6.18 Å². The summed E-state index contributed by atoms with van der Waals surface area (Å²) in [5.41, 5.74) is 2.19. The van der Waals surface area contributed by atoms with Crippen molar-refractivity contribution in [1.29, 1.82) is 0 Å². The Labute approximate surface area is 145 Å². The average Bonchev–Trinajstić information content (AvgIpc) is 2.86. The SMILES string of the molecule is Cn1ncc(Br)c1-c1cccc(Nc2cccc(C(F)(F)F)c2)c1. The van der Waals surface area contributed by atoms with Gasteiger partial charge in [-0.05, 0) is 46.3 Å². The van der Waals surface area contributed by atoms with Crippen molar-refractivity contribution in [2.75, 3.05) is 5.32 Å². The maximum absolute atomic E-state index is 12.8. The molecule has 0 amide bonds. The number of benzene rings is 2. The maximum Gasteiger partial charge on any atom is 0.416 e. The topological polar surface area (TPSA) is 29.9 Å². The molecule has 0 saturated heterocycles.